The highest BCUT2D eigenvalue weighted by Gasteiger charge is 2.49. The van der Waals surface area contributed by atoms with Crippen LogP contribution in [0.15, 0.2) is 4.99 Å². The maximum absolute atomic E-state index is 11.5. The second-order valence-electron chi connectivity index (χ2n) is 1.40. The molecule has 0 aliphatic heterocycles. The van der Waals surface area contributed by atoms with E-state index in [1.807, 2.05) is 4.99 Å². The maximum atomic E-state index is 11.5. The van der Waals surface area contributed by atoms with Gasteiger partial charge in [0.05, 0.1) is 10.7 Å². The molecule has 0 radical (unpaired) electrons. The van der Waals surface area contributed by atoms with Gasteiger partial charge in [0.15, 0.2) is 0 Å². The Labute approximate surface area is 61.7 Å². The summed E-state index contributed by atoms with van der Waals surface area (Å²) in [6, 6.07) is 0. The van der Waals surface area contributed by atoms with Gasteiger partial charge >= 0.3 is 5.91 Å². The van der Waals surface area contributed by atoms with Crippen LogP contribution in [0.3, 0.4) is 0 Å². The zero-order valence-corrected chi connectivity index (χ0v) is 5.14. The minimum atomic E-state index is -4.12. The van der Waals surface area contributed by atoms with Crippen molar-refractivity contribution in [3.63, 3.8) is 0 Å². The summed E-state index contributed by atoms with van der Waals surface area (Å²) in [7, 11) is 0. The van der Waals surface area contributed by atoms with E-state index in [0.29, 0.717) is 6.08 Å². The zero-order valence-electron chi connectivity index (χ0n) is 5.14. The highest BCUT2D eigenvalue weighted by Crippen LogP contribution is 2.21. The van der Waals surface area contributed by atoms with Crippen LogP contribution in [0, 0.1) is 0 Å². The summed E-state index contributed by atoms with van der Waals surface area (Å²) in [6.45, 7) is 0. The van der Waals surface area contributed by atoms with Gasteiger partial charge in [-0.2, -0.15) is 0 Å². The average molecular weight is 192 g/mol. The summed E-state index contributed by atoms with van der Waals surface area (Å²) in [5.41, 5.74) is -0.0619. The third kappa shape index (κ3) is 1.74. The van der Waals surface area contributed by atoms with Crippen LogP contribution in [0.1, 0.15) is 0 Å². The highest BCUT2D eigenvalue weighted by atomic mass is 19.4. The Morgan fingerprint density at radius 3 is 1.75 bits per heavy atom. The van der Waals surface area contributed by atoms with Crippen molar-refractivity contribution >= 4 is 6.08 Å². The quantitative estimate of drug-likeness (QED) is 0.232. The Morgan fingerprint density at radius 1 is 1.25 bits per heavy atom. The Morgan fingerprint density at radius 2 is 1.67 bits per heavy atom. The lowest BCUT2D eigenvalue weighted by Gasteiger charge is -2.22. The van der Waals surface area contributed by atoms with Crippen molar-refractivity contribution in [2.75, 3.05) is 0 Å². The number of hydrogen-bond donors (Lipinski definition) is 1. The van der Waals surface area contributed by atoms with Gasteiger partial charge in [-0.1, -0.05) is 23.5 Å². The number of nitrogens with zero attached hydrogens (tertiary/aromatic N) is 3. The number of hydrogen-bond acceptors (Lipinski definition) is 5. The van der Waals surface area contributed by atoms with Crippen LogP contribution in [-0.4, -0.2) is 22.7 Å². The Bertz CT molecular complexity index is 182. The predicted molar refractivity (Wildman–Crippen MR) is 23.2 cm³/mol. The van der Waals surface area contributed by atoms with Crippen LogP contribution in [0.2, 0.25) is 0 Å². The largest absolute Gasteiger partial charge is 0.376 e. The average Bonchev–Trinajstić information content (AvgIpc) is 1.98. The predicted octanol–water partition coefficient (Wildman–Crippen LogP) is 0.550. The lowest BCUT2D eigenvalue weighted by molar-refractivity contribution is -0.391. The SMILES string of the molecule is O=C=NC(NF)(N(F)F)N(F)F. The molecule has 0 saturated carbocycles. The lowest BCUT2D eigenvalue weighted by Crippen LogP contribution is -2.55. The molecule has 0 spiro atoms. The Kier molecular flexibility index (Phi) is 3.70. The third-order valence-corrected chi connectivity index (χ3v) is 0.800. The molecule has 0 aromatic carbocycles. The summed E-state index contributed by atoms with van der Waals surface area (Å²) < 4.78 is 57.6. The van der Waals surface area contributed by atoms with Crippen LogP contribution in [0.25, 0.3) is 0 Å². The molecule has 10 heteroatoms. The number of halogens is 5. The van der Waals surface area contributed by atoms with Crippen molar-refractivity contribution in [2.45, 2.75) is 5.91 Å². The van der Waals surface area contributed by atoms with Gasteiger partial charge in [-0.25, -0.2) is 4.79 Å². The molecule has 0 heterocycles. The van der Waals surface area contributed by atoms with E-state index in [4.69, 9.17) is 0 Å². The summed E-state index contributed by atoms with van der Waals surface area (Å²) in [5.74, 6) is -4.12. The van der Waals surface area contributed by atoms with Gasteiger partial charge in [-0.05, 0) is 0 Å². The molecule has 12 heavy (non-hydrogen) atoms. The molecule has 0 aromatic heterocycles. The zero-order chi connectivity index (χ0) is 9.78. The Balaban J connectivity index is 4.88. The van der Waals surface area contributed by atoms with E-state index < -0.39 is 16.6 Å². The maximum Gasteiger partial charge on any atom is 0.376 e. The molecular weight excluding hydrogens is 191 g/mol. The van der Waals surface area contributed by atoms with Gasteiger partial charge < -0.3 is 0 Å². The molecule has 0 aromatic rings. The Hall–Kier alpha value is -1.09. The molecule has 0 saturated heterocycles. The van der Waals surface area contributed by atoms with Crippen LogP contribution < -0.4 is 5.54 Å². The van der Waals surface area contributed by atoms with E-state index in [1.165, 1.54) is 0 Å². The molecule has 70 valence electrons. The van der Waals surface area contributed by atoms with Crippen molar-refractivity contribution in [3.8, 4) is 0 Å². The second-order valence-corrected chi connectivity index (χ2v) is 1.40. The van der Waals surface area contributed by atoms with E-state index >= 15 is 0 Å². The van der Waals surface area contributed by atoms with Gasteiger partial charge in [-0.3, -0.25) is 0 Å². The molecule has 0 atom stereocenters. The molecule has 0 rings (SSSR count). The topological polar surface area (TPSA) is 47.9 Å². The van der Waals surface area contributed by atoms with Crippen molar-refractivity contribution in [1.29, 1.82) is 0 Å². The van der Waals surface area contributed by atoms with E-state index in [9.17, 15) is 27.2 Å². The molecule has 0 fully saturated rings. The number of aliphatic imine (C=N–C) groups is 1. The normalized spacial score (nSPS) is 11.9. The minimum absolute atomic E-state index is 0.0619. The minimum Gasteiger partial charge on any atom is -0.211 e. The van der Waals surface area contributed by atoms with E-state index in [0.717, 1.165) is 0 Å². The molecule has 0 bridgehead atoms. The van der Waals surface area contributed by atoms with Gasteiger partial charge in [0.25, 0.3) is 0 Å². The molecule has 0 amide bonds. The summed E-state index contributed by atoms with van der Waals surface area (Å²) >= 11 is 0. The summed E-state index contributed by atoms with van der Waals surface area (Å²) in [5, 5.41) is -4.67. The molecule has 5 nitrogen and oxygen atoms in total. The monoisotopic (exact) mass is 192 g/mol. The first-order valence-corrected chi connectivity index (χ1v) is 2.21. The van der Waals surface area contributed by atoms with E-state index in [-0.39, 0.29) is 5.54 Å². The molecular formula is C2HF5N4O. The molecule has 1 N–H and O–H groups in total. The number of rotatable bonds is 4. The van der Waals surface area contributed by atoms with Crippen molar-refractivity contribution in [1.82, 2.24) is 16.2 Å². The number of carbonyl (C=O) groups excluding carboxylic acids is 1. The summed E-state index contributed by atoms with van der Waals surface area (Å²) in [4.78, 5) is 11.2. The highest BCUT2D eigenvalue weighted by molar-refractivity contribution is 5.34. The fourth-order valence-corrected chi connectivity index (χ4v) is 0.281. The number of isocyanates is 1. The van der Waals surface area contributed by atoms with Gasteiger partial charge in [0.1, 0.15) is 0 Å². The second kappa shape index (κ2) is 4.07. The lowest BCUT2D eigenvalue weighted by atomic mass is 10.7. The van der Waals surface area contributed by atoms with Crippen molar-refractivity contribution in [3.05, 3.63) is 0 Å². The fourth-order valence-electron chi connectivity index (χ4n) is 0.281. The standard InChI is InChI=1S/C2HF5N4O/c3-9-2(8-1-12,10(4)5)11(6)7/h9H. The van der Waals surface area contributed by atoms with Crippen molar-refractivity contribution < 1.29 is 27.2 Å². The van der Waals surface area contributed by atoms with Gasteiger partial charge in [-0.15, -0.1) is 9.47 Å². The summed E-state index contributed by atoms with van der Waals surface area (Å²) in [6.07, 6.45) is 0.351. The number of nitrogens with one attached hydrogen (secondary N) is 1. The van der Waals surface area contributed by atoms with Crippen molar-refractivity contribution in [2.24, 2.45) is 4.99 Å². The smallest absolute Gasteiger partial charge is 0.211 e. The van der Waals surface area contributed by atoms with Gasteiger partial charge in [0, 0.05) is 0 Å². The first kappa shape index (κ1) is 10.9. The first-order valence-electron chi connectivity index (χ1n) is 2.21. The first-order chi connectivity index (χ1) is 5.51. The fraction of sp³-hybridized carbons (Fsp3) is 0.500. The van der Waals surface area contributed by atoms with Crippen LogP contribution in [0.4, 0.5) is 22.4 Å². The van der Waals surface area contributed by atoms with Crippen LogP contribution >= 0.6 is 0 Å². The molecule has 0 unspecified atom stereocenters. The molecule has 0 aliphatic rings. The third-order valence-electron chi connectivity index (χ3n) is 0.800. The van der Waals surface area contributed by atoms with Crippen LogP contribution in [0.5, 0.6) is 0 Å². The van der Waals surface area contributed by atoms with E-state index in [1.54, 1.807) is 0 Å². The van der Waals surface area contributed by atoms with Crippen LogP contribution in [-0.2, 0) is 4.79 Å². The molecule has 0 aliphatic carbocycles. The van der Waals surface area contributed by atoms with E-state index in [2.05, 4.69) is 0 Å². The van der Waals surface area contributed by atoms with Gasteiger partial charge in [0.2, 0.25) is 6.08 Å².